The van der Waals surface area contributed by atoms with Gasteiger partial charge in [-0.3, -0.25) is 0 Å². The number of hydrogen-bond acceptors (Lipinski definition) is 4. The van der Waals surface area contributed by atoms with Gasteiger partial charge in [0.1, 0.15) is 11.5 Å². The van der Waals surface area contributed by atoms with Gasteiger partial charge in [0.25, 0.3) is 0 Å². The summed E-state index contributed by atoms with van der Waals surface area (Å²) in [5.41, 5.74) is -0.942. The fraction of sp³-hybridized carbons (Fsp3) is 1.00. The number of hydrogen-bond donors (Lipinski definition) is 4. The Morgan fingerprint density at radius 2 is 1.73 bits per heavy atom. The molecule has 2 atom stereocenters. The zero-order valence-corrected chi connectivity index (χ0v) is 8.30. The van der Waals surface area contributed by atoms with Crippen molar-refractivity contribution >= 4 is 12.6 Å². The quantitative estimate of drug-likeness (QED) is 0.372. The maximum atomic E-state index is 8.74. The fourth-order valence-electron chi connectivity index (χ4n) is 0.315. The van der Waals surface area contributed by atoms with Gasteiger partial charge in [0, 0.05) is 6.54 Å². The van der Waals surface area contributed by atoms with Crippen molar-refractivity contribution in [2.45, 2.75) is 31.8 Å². The number of aliphatic hydroxyl groups excluding tert-OH is 2. The van der Waals surface area contributed by atoms with Gasteiger partial charge in [-0.05, 0) is 7.05 Å². The van der Waals surface area contributed by atoms with Crippen molar-refractivity contribution in [1.82, 2.24) is 5.32 Å². The Morgan fingerprint density at radius 1 is 1.36 bits per heavy atom. The molecule has 0 bridgehead atoms. The van der Waals surface area contributed by atoms with Gasteiger partial charge < -0.3 is 15.5 Å². The Kier molecular flexibility index (Phi) is 12.8. The van der Waals surface area contributed by atoms with E-state index in [-0.39, 0.29) is 0 Å². The minimum Gasteiger partial charge on any atom is -0.388 e. The standard InChI is InChI=1S/C4H11NO2S.C3H8/c1-5-2-3(6)4(7)8;1-3-2/h3-8H,2H2,1H3;3H2,1-2H3. The fourth-order valence-corrected chi connectivity index (χ4v) is 0.420. The van der Waals surface area contributed by atoms with E-state index in [0.717, 1.165) is 0 Å². The van der Waals surface area contributed by atoms with Gasteiger partial charge in [0.05, 0.1) is 0 Å². The molecule has 0 spiro atoms. The zero-order valence-electron chi connectivity index (χ0n) is 7.41. The van der Waals surface area contributed by atoms with E-state index >= 15 is 0 Å². The van der Waals surface area contributed by atoms with Crippen molar-refractivity contribution in [2.24, 2.45) is 0 Å². The molecule has 0 aliphatic heterocycles. The highest BCUT2D eigenvalue weighted by Crippen LogP contribution is 1.94. The van der Waals surface area contributed by atoms with Crippen LogP contribution in [0.4, 0.5) is 0 Å². The first kappa shape index (κ1) is 13.8. The molecule has 0 aliphatic carbocycles. The van der Waals surface area contributed by atoms with Crippen LogP contribution in [0, 0.1) is 0 Å². The molecule has 0 aromatic carbocycles. The molecule has 0 aliphatic rings. The van der Waals surface area contributed by atoms with Crippen LogP contribution in [0.25, 0.3) is 0 Å². The SMILES string of the molecule is CCC.CNCC(O)C(O)S. The highest BCUT2D eigenvalue weighted by molar-refractivity contribution is 7.80. The molecule has 70 valence electrons. The highest BCUT2D eigenvalue weighted by Gasteiger charge is 2.08. The molecule has 3 nitrogen and oxygen atoms in total. The molecule has 0 radical (unpaired) electrons. The Bertz CT molecular complexity index is 71.5. The summed E-state index contributed by atoms with van der Waals surface area (Å²) >= 11 is 3.59. The second-order valence-corrected chi connectivity index (χ2v) is 2.77. The van der Waals surface area contributed by atoms with Crippen LogP contribution in [0.5, 0.6) is 0 Å². The summed E-state index contributed by atoms with van der Waals surface area (Å²) in [6.45, 7) is 4.62. The molecule has 0 fully saturated rings. The molecule has 3 N–H and O–H groups in total. The van der Waals surface area contributed by atoms with Crippen molar-refractivity contribution in [3.63, 3.8) is 0 Å². The molecule has 0 saturated heterocycles. The van der Waals surface area contributed by atoms with Gasteiger partial charge in [-0.1, -0.05) is 20.3 Å². The lowest BCUT2D eigenvalue weighted by Crippen LogP contribution is -2.31. The maximum Gasteiger partial charge on any atom is 0.124 e. The topological polar surface area (TPSA) is 52.5 Å². The summed E-state index contributed by atoms with van der Waals surface area (Å²) in [7, 11) is 1.69. The van der Waals surface area contributed by atoms with Crippen LogP contribution in [0.2, 0.25) is 0 Å². The van der Waals surface area contributed by atoms with Crippen LogP contribution >= 0.6 is 12.6 Å². The van der Waals surface area contributed by atoms with Crippen molar-refractivity contribution in [2.75, 3.05) is 13.6 Å². The van der Waals surface area contributed by atoms with E-state index in [1.807, 2.05) is 0 Å². The van der Waals surface area contributed by atoms with Gasteiger partial charge in [-0.25, -0.2) is 0 Å². The number of rotatable bonds is 3. The summed E-state index contributed by atoms with van der Waals surface area (Å²) in [4.78, 5) is 0. The van der Waals surface area contributed by atoms with Gasteiger partial charge >= 0.3 is 0 Å². The third-order valence-electron chi connectivity index (χ3n) is 0.757. The molecule has 11 heavy (non-hydrogen) atoms. The number of nitrogens with one attached hydrogen (secondary N) is 1. The van der Waals surface area contributed by atoms with E-state index in [9.17, 15) is 0 Å². The number of thiol groups is 1. The molecular weight excluding hydrogens is 162 g/mol. The minimum absolute atomic E-state index is 0.366. The third kappa shape index (κ3) is 13.3. The van der Waals surface area contributed by atoms with Gasteiger partial charge in [0.2, 0.25) is 0 Å². The van der Waals surface area contributed by atoms with Gasteiger partial charge in [0.15, 0.2) is 0 Å². The summed E-state index contributed by atoms with van der Waals surface area (Å²) in [6, 6.07) is 0. The minimum atomic E-state index is -0.942. The summed E-state index contributed by atoms with van der Waals surface area (Å²) in [5.74, 6) is 0. The average Bonchev–Trinajstić information content (AvgIpc) is 1.90. The van der Waals surface area contributed by atoms with E-state index in [1.54, 1.807) is 7.05 Å². The van der Waals surface area contributed by atoms with Crippen LogP contribution in [0.15, 0.2) is 0 Å². The summed E-state index contributed by atoms with van der Waals surface area (Å²) in [6.07, 6.45) is 0.475. The predicted molar refractivity (Wildman–Crippen MR) is 50.9 cm³/mol. The van der Waals surface area contributed by atoms with E-state index < -0.39 is 11.5 Å². The summed E-state index contributed by atoms with van der Waals surface area (Å²) in [5, 5.41) is 20.0. The Balaban J connectivity index is 0. The average molecular weight is 181 g/mol. The van der Waals surface area contributed by atoms with Crippen LogP contribution in [-0.4, -0.2) is 35.3 Å². The molecule has 0 aromatic rings. The Labute approximate surface area is 74.2 Å². The Morgan fingerprint density at radius 3 is 1.82 bits per heavy atom. The van der Waals surface area contributed by atoms with Crippen molar-refractivity contribution in [3.8, 4) is 0 Å². The summed E-state index contributed by atoms with van der Waals surface area (Å²) < 4.78 is 0. The molecule has 0 amide bonds. The van der Waals surface area contributed by atoms with E-state index in [0.29, 0.717) is 6.54 Å². The predicted octanol–water partition coefficient (Wildman–Crippen LogP) is 0.231. The second-order valence-electron chi connectivity index (χ2n) is 2.25. The second kappa shape index (κ2) is 10.2. The molecule has 0 aromatic heterocycles. The zero-order chi connectivity index (χ0) is 9.28. The van der Waals surface area contributed by atoms with Crippen LogP contribution < -0.4 is 5.32 Å². The smallest absolute Gasteiger partial charge is 0.124 e. The highest BCUT2D eigenvalue weighted by atomic mass is 32.1. The normalized spacial score (nSPS) is 14.7. The first-order valence-electron chi connectivity index (χ1n) is 3.78. The molecule has 0 saturated carbocycles. The number of likely N-dealkylation sites (N-methyl/N-ethyl adjacent to an activating group) is 1. The van der Waals surface area contributed by atoms with Crippen molar-refractivity contribution < 1.29 is 10.2 Å². The lowest BCUT2D eigenvalue weighted by molar-refractivity contribution is 0.0759. The van der Waals surface area contributed by atoms with E-state index in [1.165, 1.54) is 6.42 Å². The van der Waals surface area contributed by atoms with Gasteiger partial charge in [-0.15, -0.1) is 12.6 Å². The van der Waals surface area contributed by atoms with Crippen molar-refractivity contribution in [3.05, 3.63) is 0 Å². The third-order valence-corrected chi connectivity index (χ3v) is 1.10. The number of aliphatic hydroxyl groups is 2. The molecule has 0 heterocycles. The Hall–Kier alpha value is 0.230. The monoisotopic (exact) mass is 181 g/mol. The molecule has 0 rings (SSSR count). The first-order chi connectivity index (χ1) is 5.09. The van der Waals surface area contributed by atoms with E-state index in [2.05, 4.69) is 31.8 Å². The molecule has 4 heteroatoms. The maximum absolute atomic E-state index is 8.74. The van der Waals surface area contributed by atoms with Crippen LogP contribution in [0.3, 0.4) is 0 Å². The molecular formula is C7H19NO2S. The molecule has 2 unspecified atom stereocenters. The largest absolute Gasteiger partial charge is 0.388 e. The van der Waals surface area contributed by atoms with Crippen molar-refractivity contribution in [1.29, 1.82) is 0 Å². The van der Waals surface area contributed by atoms with E-state index in [4.69, 9.17) is 10.2 Å². The first-order valence-corrected chi connectivity index (χ1v) is 4.30. The van der Waals surface area contributed by atoms with Crippen LogP contribution in [-0.2, 0) is 0 Å². The van der Waals surface area contributed by atoms with Crippen LogP contribution in [0.1, 0.15) is 20.3 Å². The van der Waals surface area contributed by atoms with Gasteiger partial charge in [-0.2, -0.15) is 0 Å². The lowest BCUT2D eigenvalue weighted by atomic mass is 10.4. The lowest BCUT2D eigenvalue weighted by Gasteiger charge is -2.10.